The molecule has 1 unspecified atom stereocenters. The zero-order chi connectivity index (χ0) is 9.90. The molecule has 0 fully saturated rings. The number of ketones is 1. The first-order chi connectivity index (χ1) is 6.02. The maximum absolute atomic E-state index is 11.1. The molecule has 0 saturated carbocycles. The molecule has 1 aromatic carbocycles. The topological polar surface area (TPSA) is 43.1 Å². The second-order valence-electron chi connectivity index (χ2n) is 3.64. The van der Waals surface area contributed by atoms with Crippen LogP contribution in [-0.2, 0) is 11.2 Å². The Morgan fingerprint density at radius 2 is 1.86 bits per heavy atom. The van der Waals surface area contributed by atoms with Gasteiger partial charge in [-0.05, 0) is 25.8 Å². The molecule has 0 aliphatic rings. The zero-order valence-corrected chi connectivity index (χ0v) is 9.30. The third kappa shape index (κ3) is 3.48. The van der Waals surface area contributed by atoms with Crippen molar-refractivity contribution in [1.29, 1.82) is 0 Å². The molecule has 0 aromatic heterocycles. The van der Waals surface area contributed by atoms with Gasteiger partial charge in [-0.2, -0.15) is 0 Å². The number of rotatable bonds is 3. The first kappa shape index (κ1) is 13.1. The van der Waals surface area contributed by atoms with E-state index in [1.54, 1.807) is 6.92 Å². The van der Waals surface area contributed by atoms with Crippen LogP contribution in [0.15, 0.2) is 30.3 Å². The van der Waals surface area contributed by atoms with E-state index in [0.717, 1.165) is 5.56 Å². The van der Waals surface area contributed by atoms with Gasteiger partial charge in [-0.15, -0.1) is 12.4 Å². The molecule has 2 nitrogen and oxygen atoms in total. The normalized spacial score (nSPS) is 13.9. The van der Waals surface area contributed by atoms with Crippen molar-refractivity contribution in [3.8, 4) is 0 Å². The van der Waals surface area contributed by atoms with Crippen LogP contribution in [0.25, 0.3) is 0 Å². The van der Waals surface area contributed by atoms with Gasteiger partial charge < -0.3 is 5.73 Å². The second-order valence-corrected chi connectivity index (χ2v) is 3.64. The Kier molecular flexibility index (Phi) is 4.81. The van der Waals surface area contributed by atoms with Crippen molar-refractivity contribution in [3.05, 3.63) is 35.9 Å². The van der Waals surface area contributed by atoms with Crippen molar-refractivity contribution in [2.75, 3.05) is 0 Å². The molecule has 0 heterocycles. The Hall–Kier alpha value is -0.860. The summed E-state index contributed by atoms with van der Waals surface area (Å²) in [5.41, 5.74) is 6.21. The van der Waals surface area contributed by atoms with E-state index in [4.69, 9.17) is 5.73 Å². The summed E-state index contributed by atoms with van der Waals surface area (Å²) in [5.74, 6) is 0.0244. The third-order valence-electron chi connectivity index (χ3n) is 2.22. The number of nitrogens with two attached hydrogens (primary N) is 1. The second kappa shape index (κ2) is 5.13. The number of Topliss-reactive ketones (excluding diaryl/α,β-unsaturated/α-hetero) is 1. The lowest BCUT2D eigenvalue weighted by molar-refractivity contribution is -0.121. The third-order valence-corrected chi connectivity index (χ3v) is 2.22. The summed E-state index contributed by atoms with van der Waals surface area (Å²) in [6.07, 6.45) is 0.600. The van der Waals surface area contributed by atoms with E-state index in [-0.39, 0.29) is 18.2 Å². The number of benzene rings is 1. The zero-order valence-electron chi connectivity index (χ0n) is 8.49. The van der Waals surface area contributed by atoms with E-state index in [1.807, 2.05) is 30.3 Å². The van der Waals surface area contributed by atoms with Gasteiger partial charge in [0.2, 0.25) is 0 Å². The maximum atomic E-state index is 11.1. The van der Waals surface area contributed by atoms with Crippen molar-refractivity contribution in [2.45, 2.75) is 25.8 Å². The van der Waals surface area contributed by atoms with Gasteiger partial charge >= 0.3 is 0 Å². The molecule has 2 N–H and O–H groups in total. The molecule has 0 amide bonds. The highest BCUT2D eigenvalue weighted by atomic mass is 35.5. The standard InChI is InChI=1S/C11H15NO.ClH/c1-9(13)11(2,12)8-10-6-4-3-5-7-10;/h3-7H,8,12H2,1-2H3;1H. The first-order valence-electron chi connectivity index (χ1n) is 4.36. The average molecular weight is 214 g/mol. The van der Waals surface area contributed by atoms with Crippen LogP contribution in [0.5, 0.6) is 0 Å². The van der Waals surface area contributed by atoms with Gasteiger partial charge in [0.15, 0.2) is 0 Å². The predicted octanol–water partition coefficient (Wildman–Crippen LogP) is 1.96. The van der Waals surface area contributed by atoms with Gasteiger partial charge in [0.25, 0.3) is 0 Å². The fraction of sp³-hybridized carbons (Fsp3) is 0.364. The van der Waals surface area contributed by atoms with Crippen LogP contribution in [0.4, 0.5) is 0 Å². The average Bonchev–Trinajstić information content (AvgIpc) is 2.05. The van der Waals surface area contributed by atoms with Crippen LogP contribution in [0.1, 0.15) is 19.4 Å². The Labute approximate surface area is 90.9 Å². The summed E-state index contributed by atoms with van der Waals surface area (Å²) in [6, 6.07) is 9.81. The largest absolute Gasteiger partial charge is 0.319 e. The highest BCUT2D eigenvalue weighted by molar-refractivity contribution is 5.85. The van der Waals surface area contributed by atoms with Crippen LogP contribution in [0, 0.1) is 0 Å². The molecule has 1 rings (SSSR count). The lowest BCUT2D eigenvalue weighted by Gasteiger charge is -2.20. The number of carbonyl (C=O) groups is 1. The minimum atomic E-state index is -0.735. The summed E-state index contributed by atoms with van der Waals surface area (Å²) >= 11 is 0. The van der Waals surface area contributed by atoms with Gasteiger partial charge in [0.05, 0.1) is 5.54 Å². The van der Waals surface area contributed by atoms with E-state index >= 15 is 0 Å². The number of halogens is 1. The van der Waals surface area contributed by atoms with Gasteiger partial charge in [-0.1, -0.05) is 30.3 Å². The van der Waals surface area contributed by atoms with E-state index in [1.165, 1.54) is 6.92 Å². The monoisotopic (exact) mass is 213 g/mol. The number of carbonyl (C=O) groups excluding carboxylic acids is 1. The van der Waals surface area contributed by atoms with Gasteiger partial charge in [0.1, 0.15) is 5.78 Å². The Morgan fingerprint density at radius 1 is 1.36 bits per heavy atom. The van der Waals surface area contributed by atoms with Crippen LogP contribution in [-0.4, -0.2) is 11.3 Å². The summed E-state index contributed by atoms with van der Waals surface area (Å²) in [7, 11) is 0. The molecule has 1 aromatic rings. The number of hydrogen-bond donors (Lipinski definition) is 1. The molecule has 0 saturated heterocycles. The lowest BCUT2D eigenvalue weighted by Crippen LogP contribution is -2.45. The van der Waals surface area contributed by atoms with Crippen molar-refractivity contribution in [1.82, 2.24) is 0 Å². The van der Waals surface area contributed by atoms with Gasteiger partial charge in [-0.25, -0.2) is 0 Å². The fourth-order valence-electron chi connectivity index (χ4n) is 1.14. The summed E-state index contributed by atoms with van der Waals surface area (Å²) in [5, 5.41) is 0. The first-order valence-corrected chi connectivity index (χ1v) is 4.36. The van der Waals surface area contributed by atoms with E-state index in [2.05, 4.69) is 0 Å². The highest BCUT2D eigenvalue weighted by Crippen LogP contribution is 2.10. The summed E-state index contributed by atoms with van der Waals surface area (Å²) in [4.78, 5) is 11.1. The Bertz CT molecular complexity index is 295. The molecule has 1 atom stereocenters. The molecule has 78 valence electrons. The molecular formula is C11H16ClNO. The van der Waals surface area contributed by atoms with Crippen LogP contribution in [0.2, 0.25) is 0 Å². The summed E-state index contributed by atoms with van der Waals surface area (Å²) in [6.45, 7) is 3.30. The molecule has 0 aliphatic carbocycles. The highest BCUT2D eigenvalue weighted by Gasteiger charge is 2.24. The minimum Gasteiger partial charge on any atom is -0.319 e. The fourth-order valence-corrected chi connectivity index (χ4v) is 1.14. The van der Waals surface area contributed by atoms with Crippen molar-refractivity contribution in [3.63, 3.8) is 0 Å². The summed E-state index contributed by atoms with van der Waals surface area (Å²) < 4.78 is 0. The van der Waals surface area contributed by atoms with E-state index < -0.39 is 5.54 Å². The van der Waals surface area contributed by atoms with Crippen molar-refractivity contribution >= 4 is 18.2 Å². The van der Waals surface area contributed by atoms with Crippen molar-refractivity contribution in [2.24, 2.45) is 5.73 Å². The number of hydrogen-bond acceptors (Lipinski definition) is 2. The smallest absolute Gasteiger partial charge is 0.149 e. The van der Waals surface area contributed by atoms with Crippen LogP contribution >= 0.6 is 12.4 Å². The molecule has 3 heteroatoms. The van der Waals surface area contributed by atoms with E-state index in [9.17, 15) is 4.79 Å². The quantitative estimate of drug-likeness (QED) is 0.834. The molecule has 0 radical (unpaired) electrons. The Morgan fingerprint density at radius 3 is 2.29 bits per heavy atom. The maximum Gasteiger partial charge on any atom is 0.149 e. The van der Waals surface area contributed by atoms with Crippen molar-refractivity contribution < 1.29 is 4.79 Å². The molecule has 0 aliphatic heterocycles. The predicted molar refractivity (Wildman–Crippen MR) is 60.7 cm³/mol. The molecule has 14 heavy (non-hydrogen) atoms. The lowest BCUT2D eigenvalue weighted by atomic mass is 9.90. The van der Waals surface area contributed by atoms with Gasteiger partial charge in [0, 0.05) is 0 Å². The molecular weight excluding hydrogens is 198 g/mol. The minimum absolute atomic E-state index is 0. The Balaban J connectivity index is 0.00000169. The van der Waals surface area contributed by atoms with Gasteiger partial charge in [-0.3, -0.25) is 4.79 Å². The molecule has 0 bridgehead atoms. The van der Waals surface area contributed by atoms with Crippen LogP contribution in [0.3, 0.4) is 0 Å². The molecule has 0 spiro atoms. The van der Waals surface area contributed by atoms with E-state index in [0.29, 0.717) is 6.42 Å². The van der Waals surface area contributed by atoms with Crippen LogP contribution < -0.4 is 5.73 Å². The SMILES string of the molecule is CC(=O)C(C)(N)Cc1ccccc1.Cl.